The van der Waals surface area contributed by atoms with E-state index < -0.39 is 41.7 Å². The number of aliphatic hydroxyl groups excluding tert-OH is 4. The number of carbonyl (C=O) groups excluding carboxylic acids is 4. The number of ether oxygens (including phenoxy) is 8. The molecular formula is C67H105BClN8NaO20Pd-. The zero-order chi connectivity index (χ0) is 71.7. The van der Waals surface area contributed by atoms with Crippen LogP contribution in [0.3, 0.4) is 0 Å². The van der Waals surface area contributed by atoms with E-state index in [0.717, 1.165) is 68.6 Å². The Morgan fingerprint density at radius 1 is 0.838 bits per heavy atom. The number of aliphatic hydroxyl groups is 4. The van der Waals surface area contributed by atoms with Gasteiger partial charge in [-0.05, 0) is 110 Å². The number of nitrogens with zero attached hydrogens (tertiary/aromatic N) is 4. The van der Waals surface area contributed by atoms with E-state index in [-0.39, 0.29) is 127 Å². The van der Waals surface area contributed by atoms with Crippen molar-refractivity contribution >= 4 is 60.6 Å². The molecule has 8 rings (SSSR count). The van der Waals surface area contributed by atoms with Crippen molar-refractivity contribution < 1.29 is 142 Å². The number of rotatable bonds is 22. The number of fused-ring (bicyclic) bond motifs is 2. The third-order valence-electron chi connectivity index (χ3n) is 13.5. The fraction of sp³-hybridized carbons (Fsp3) is 0.567. The Labute approximate surface area is 625 Å². The molecule has 2 aromatic carbocycles. The summed E-state index contributed by atoms with van der Waals surface area (Å²) >= 11 is 4.64. The molecule has 2 saturated heterocycles. The summed E-state index contributed by atoms with van der Waals surface area (Å²) in [6, 6.07) is 19.5. The van der Waals surface area contributed by atoms with E-state index in [4.69, 9.17) is 63.7 Å². The van der Waals surface area contributed by atoms with Crippen LogP contribution in [0, 0.1) is 25.2 Å². The van der Waals surface area contributed by atoms with Crippen molar-refractivity contribution in [2.75, 3.05) is 73.2 Å². The van der Waals surface area contributed by atoms with Crippen LogP contribution in [0.4, 0.5) is 4.79 Å². The maximum Gasteiger partial charge on any atom is 1.00 e. The number of alkyl carbamates (subject to hydrolysis) is 1. The molecule has 3 aliphatic rings. The smallest absolute Gasteiger partial charge is 0.550 e. The molecule has 9 N–H and O–H groups in total. The number of aliphatic carboxylic acids is 1. The first-order valence-electron chi connectivity index (χ1n) is 30.8. The number of amides is 1. The summed E-state index contributed by atoms with van der Waals surface area (Å²) in [7, 11) is 2.62. The topological polar surface area (TPSA) is 391 Å². The molecule has 3 radical (unpaired) electrons. The van der Waals surface area contributed by atoms with E-state index in [9.17, 15) is 29.4 Å². The summed E-state index contributed by atoms with van der Waals surface area (Å²) < 4.78 is 46.6. The first-order valence-corrected chi connectivity index (χ1v) is 31.5. The molecule has 5 heterocycles. The number of nitrogens with two attached hydrogens (primary N) is 1. The average molecular weight is 1520 g/mol. The Hall–Kier alpha value is -5.46. The van der Waals surface area contributed by atoms with Crippen molar-refractivity contribution in [2.24, 2.45) is 23.5 Å². The van der Waals surface area contributed by atoms with Gasteiger partial charge in [0.1, 0.15) is 36.3 Å². The van der Waals surface area contributed by atoms with Crippen molar-refractivity contribution in [1.29, 1.82) is 0 Å². The molecular weight excluding hydrogens is 1410 g/mol. The van der Waals surface area contributed by atoms with E-state index in [1.165, 1.54) is 19.0 Å². The van der Waals surface area contributed by atoms with Crippen LogP contribution in [0.25, 0.3) is 16.6 Å². The zero-order valence-corrected chi connectivity index (χ0v) is 64.7. The van der Waals surface area contributed by atoms with Gasteiger partial charge in [0.25, 0.3) is 5.56 Å². The first-order chi connectivity index (χ1) is 45.1. The van der Waals surface area contributed by atoms with Gasteiger partial charge in [-0.25, -0.2) is 34.1 Å². The molecule has 0 spiro atoms. The quantitative estimate of drug-likeness (QED) is 0.0162. The Kier molecular flexibility index (Phi) is 54.8. The number of allylic oxidation sites excluding steroid dienone is 1. The Bertz CT molecular complexity index is 3060. The maximum absolute atomic E-state index is 11.7. The number of benzene rings is 2. The van der Waals surface area contributed by atoms with Crippen LogP contribution in [0.2, 0.25) is 0 Å². The number of alkyl halides is 1. The second-order valence-electron chi connectivity index (χ2n) is 22.9. The number of methoxy groups -OCH3 is 1. The number of carboxylic acid groups (broad SMARTS) is 1. The van der Waals surface area contributed by atoms with E-state index in [1.54, 1.807) is 7.11 Å². The molecule has 1 aliphatic carbocycles. The summed E-state index contributed by atoms with van der Waals surface area (Å²) in [5.74, 6) is -2.01. The number of aromatic nitrogens is 5. The van der Waals surface area contributed by atoms with E-state index in [1.807, 2.05) is 133 Å². The summed E-state index contributed by atoms with van der Waals surface area (Å²) in [5, 5.41) is 49.9. The molecule has 6 atom stereocenters. The predicted octanol–water partition coefficient (Wildman–Crippen LogP) is 2.58. The van der Waals surface area contributed by atoms with E-state index >= 15 is 0 Å². The standard InChI is InChI=1S/C19H23N3O3.C16H23NO5.C14H21N3O3.C9H19NO2.C4H6O4.C2H4O2.CH3Cl.CH4O.CH3.B.Na.Pd/c1-19(2,3)25-18-17-16(20-12-21-18)15(23-4)10-22(17)13-24-11-14-8-6-5-7-9-14;1-16(2)21-11-14(22-16)13(9-18)8-17-15(19)20-10-12-6-4-3-5-7-12;1-2-9(12(19)7-18)5-15-6-10-3-4-11-13(10)16-8-17-14(11)20;1-4-7(5-10)8-6-11-9(2,3)12-8;1-3(5)7-8-4(2)6;1-2(3)4;2*1-2;;;;/h5-10,12H,11,13H2,1-4H3;3-7,13-14,18H,8-11H2,1-2H3,(H,17,19);3,8-9,12,15,18-19H,2,4-7H2,1H3,(H,16,17,20);7-8H,4-6,10H2,1-3H3;1-2H3;1H3,(H,3,4);1H3;2H,1H3;1H3;;;/q;;;;;;;;-1;;+1;/p-1/t;13-,14+;9-,12-;7-,8-;;;;;;;;/m.100......../s1. The molecule has 1 amide bonds. The van der Waals surface area contributed by atoms with Crippen LogP contribution in [0.1, 0.15) is 118 Å². The largest absolute Gasteiger partial charge is 1.00 e. The summed E-state index contributed by atoms with van der Waals surface area (Å²) in [6.45, 7) is 24.9. The van der Waals surface area contributed by atoms with E-state index in [0.29, 0.717) is 81.2 Å². The molecule has 2 fully saturated rings. The number of H-pyrrole nitrogens is 1. The van der Waals surface area contributed by atoms with Gasteiger partial charge in [-0.3, -0.25) is 4.79 Å². The maximum atomic E-state index is 11.7. The Morgan fingerprint density at radius 3 is 1.81 bits per heavy atom. The molecule has 5 aromatic rings. The zero-order valence-electron chi connectivity index (χ0n) is 60.4. The third kappa shape index (κ3) is 40.1. The number of hydrogen-bond acceptors (Lipinski definition) is 25. The molecule has 0 unspecified atom stereocenters. The normalized spacial score (nSPS) is 15.7. The van der Waals surface area contributed by atoms with Gasteiger partial charge < -0.3 is 102 Å². The average Bonchev–Trinajstić information content (AvgIpc) is 1.66. The van der Waals surface area contributed by atoms with Crippen LogP contribution in [-0.2, 0) is 99.4 Å². The van der Waals surface area contributed by atoms with Crippen LogP contribution >= 0.6 is 11.6 Å². The van der Waals surface area contributed by atoms with E-state index in [2.05, 4.69) is 58.9 Å². The molecule has 32 heteroatoms. The van der Waals surface area contributed by atoms with Gasteiger partial charge in [-0.15, -0.1) is 11.6 Å². The van der Waals surface area contributed by atoms with Crippen molar-refractivity contribution in [1.82, 2.24) is 35.1 Å². The SMILES string of the molecule is CC(=O)OOC(C)=O.CC(=O)[O-].CC1(C)OC[C@@H]([C@@H](CO)CNC(=O)OCc2ccccc2)O1.CC[C@@H](CN)[C@@H]1COC(C)(C)O1.CC[C@@H](CNCC1=CCc2c1nc[nH]c2=O)[C@@H](O)CO.CCl.CO.COc1cn(COCc2ccccc2)c2c(OC(C)(C)C)ncnc12.[B].[CH3-].[Na+].[Pd]. The summed E-state index contributed by atoms with van der Waals surface area (Å²) in [6.07, 6.45) is 9.45. The van der Waals surface area contributed by atoms with Gasteiger partial charge >= 0.3 is 47.6 Å². The van der Waals surface area contributed by atoms with Crippen molar-refractivity contribution in [3.63, 3.8) is 0 Å². The third-order valence-corrected chi connectivity index (χ3v) is 13.5. The molecule has 555 valence electrons. The summed E-state index contributed by atoms with van der Waals surface area (Å²) in [4.78, 5) is 74.9. The monoisotopic (exact) mass is 1520 g/mol. The van der Waals surface area contributed by atoms with Crippen LogP contribution in [-0.4, -0.2) is 186 Å². The summed E-state index contributed by atoms with van der Waals surface area (Å²) in [5.41, 5.74) is 11.2. The fourth-order valence-corrected chi connectivity index (χ4v) is 8.88. The predicted molar refractivity (Wildman–Crippen MR) is 366 cm³/mol. The van der Waals surface area contributed by atoms with Crippen LogP contribution in [0.15, 0.2) is 90.4 Å². The molecule has 0 bridgehead atoms. The van der Waals surface area contributed by atoms with Crippen LogP contribution < -0.4 is 66.1 Å². The van der Waals surface area contributed by atoms with Crippen LogP contribution in [0.5, 0.6) is 11.6 Å². The molecule has 99 heavy (non-hydrogen) atoms. The molecule has 3 aromatic heterocycles. The van der Waals surface area contributed by atoms with Gasteiger partial charge in [0, 0.05) is 93.3 Å². The van der Waals surface area contributed by atoms with Crippen molar-refractivity contribution in [2.45, 2.75) is 158 Å². The number of halogens is 1. The molecule has 2 aliphatic heterocycles. The number of carboxylic acids is 1. The van der Waals surface area contributed by atoms with Crippen molar-refractivity contribution in [3.8, 4) is 11.6 Å². The van der Waals surface area contributed by atoms with Crippen molar-refractivity contribution in [3.05, 3.63) is 126 Å². The number of carbonyl (C=O) groups is 4. The van der Waals surface area contributed by atoms with Gasteiger partial charge in [-0.2, -0.15) is 4.98 Å². The van der Waals surface area contributed by atoms with Gasteiger partial charge in [0.2, 0.25) is 5.88 Å². The minimum atomic E-state index is -1.08. The Morgan fingerprint density at radius 2 is 1.36 bits per heavy atom. The second kappa shape index (κ2) is 54.3. The van der Waals surface area contributed by atoms with Gasteiger partial charge in [0.05, 0.1) is 76.7 Å². The number of nitrogens with one attached hydrogen (secondary N) is 3. The number of aromatic amines is 1. The molecule has 0 saturated carbocycles. The Balaban J connectivity index is -0.000000568. The van der Waals surface area contributed by atoms with Gasteiger partial charge in [-0.1, -0.05) is 80.6 Å². The van der Waals surface area contributed by atoms with Gasteiger partial charge in [0.15, 0.2) is 17.3 Å². The minimum absolute atomic E-state index is 0. The first kappa shape index (κ1) is 99.9. The fourth-order valence-electron chi connectivity index (χ4n) is 8.88. The molecule has 28 nitrogen and oxygen atoms in total. The second-order valence-corrected chi connectivity index (χ2v) is 22.9. The minimum Gasteiger partial charge on any atom is -0.550 e. The number of hydrogen-bond donors (Lipinski definition) is 8.